The topological polar surface area (TPSA) is 131 Å². The molecule has 1 aliphatic carbocycles. The van der Waals surface area contributed by atoms with E-state index in [1.807, 2.05) is 0 Å². The molecule has 2 atom stereocenters. The van der Waals surface area contributed by atoms with Gasteiger partial charge in [0.2, 0.25) is 5.91 Å². The zero-order chi connectivity index (χ0) is 30.4. The molecule has 0 radical (unpaired) electrons. The second-order valence-electron chi connectivity index (χ2n) is 10.9. The summed E-state index contributed by atoms with van der Waals surface area (Å²) in [5.41, 5.74) is -0.288. The lowest BCUT2D eigenvalue weighted by molar-refractivity contribution is -0.129. The number of fused-ring (bicyclic) bond motifs is 1. The Hall–Kier alpha value is -4.17. The Morgan fingerprint density at radius 3 is 2.47 bits per heavy atom. The van der Waals surface area contributed by atoms with Crippen molar-refractivity contribution in [2.24, 2.45) is 0 Å². The molecule has 2 fully saturated rings. The van der Waals surface area contributed by atoms with Crippen LogP contribution in [0.25, 0.3) is 15.2 Å². The molecular formula is C29H31FN6O6S. The third-order valence-electron chi connectivity index (χ3n) is 8.26. The van der Waals surface area contributed by atoms with Crippen LogP contribution in [0.4, 0.5) is 4.39 Å². The van der Waals surface area contributed by atoms with Crippen molar-refractivity contribution >= 4 is 33.2 Å². The van der Waals surface area contributed by atoms with Crippen LogP contribution in [0.3, 0.4) is 0 Å². The summed E-state index contributed by atoms with van der Waals surface area (Å²) < 4.78 is 29.2. The first-order valence-electron chi connectivity index (χ1n) is 14.1. The van der Waals surface area contributed by atoms with E-state index in [1.165, 1.54) is 63.3 Å². The van der Waals surface area contributed by atoms with E-state index < -0.39 is 29.2 Å². The molecule has 0 bridgehead atoms. The molecule has 1 saturated heterocycles. The number of methoxy groups -OCH3 is 1. The van der Waals surface area contributed by atoms with Gasteiger partial charge >= 0.3 is 5.69 Å². The average molecular weight is 611 g/mol. The maximum absolute atomic E-state index is 14.6. The highest BCUT2D eigenvalue weighted by Crippen LogP contribution is 2.36. The SMILES string of the molecule is COc1ccc(F)cc1[C@H](Cn1c(=O)n([C@@H]2CCN(C)C2=O)c(=O)c2c(C)c(-n3nccn3)sc21)OC1CCC(=O)CC1. The molecule has 3 aromatic heterocycles. The minimum atomic E-state index is -0.960. The minimum Gasteiger partial charge on any atom is -0.496 e. The number of carbonyl (C=O) groups is 2. The summed E-state index contributed by atoms with van der Waals surface area (Å²) >= 11 is 1.17. The molecule has 14 heteroatoms. The summed E-state index contributed by atoms with van der Waals surface area (Å²) in [5, 5.41) is 9.25. The maximum atomic E-state index is 14.6. The fourth-order valence-corrected chi connectivity index (χ4v) is 7.18. The van der Waals surface area contributed by atoms with Gasteiger partial charge in [-0.1, -0.05) is 11.3 Å². The molecule has 12 nitrogen and oxygen atoms in total. The van der Waals surface area contributed by atoms with Gasteiger partial charge in [-0.15, -0.1) is 4.80 Å². The van der Waals surface area contributed by atoms with Gasteiger partial charge in [0.25, 0.3) is 5.56 Å². The van der Waals surface area contributed by atoms with Crippen molar-refractivity contribution in [3.8, 4) is 10.8 Å². The van der Waals surface area contributed by atoms with E-state index in [0.717, 1.165) is 4.57 Å². The zero-order valence-electron chi connectivity index (χ0n) is 24.0. The summed E-state index contributed by atoms with van der Waals surface area (Å²) in [4.78, 5) is 56.5. The molecule has 6 rings (SSSR count). The molecule has 4 aromatic rings. The van der Waals surface area contributed by atoms with Crippen LogP contribution in [0, 0.1) is 12.7 Å². The second-order valence-corrected chi connectivity index (χ2v) is 11.9. The summed E-state index contributed by atoms with van der Waals surface area (Å²) in [6.45, 7) is 2.05. The maximum Gasteiger partial charge on any atom is 0.332 e. The van der Waals surface area contributed by atoms with Gasteiger partial charge in [-0.3, -0.25) is 19.0 Å². The number of aromatic nitrogens is 5. The van der Waals surface area contributed by atoms with Crippen LogP contribution in [0.15, 0.2) is 40.2 Å². The van der Waals surface area contributed by atoms with Gasteiger partial charge in [0.15, 0.2) is 0 Å². The number of ketones is 1. The third-order valence-corrected chi connectivity index (χ3v) is 9.54. The van der Waals surface area contributed by atoms with Gasteiger partial charge in [-0.25, -0.2) is 13.8 Å². The van der Waals surface area contributed by atoms with Crippen LogP contribution in [0.1, 0.15) is 55.4 Å². The lowest BCUT2D eigenvalue weighted by atomic mass is 9.96. The van der Waals surface area contributed by atoms with Crippen molar-refractivity contribution in [3.63, 3.8) is 0 Å². The Labute approximate surface area is 249 Å². The Morgan fingerprint density at radius 1 is 1.09 bits per heavy atom. The van der Waals surface area contributed by atoms with Crippen LogP contribution in [0.5, 0.6) is 5.75 Å². The number of rotatable bonds is 8. The lowest BCUT2D eigenvalue weighted by Gasteiger charge is -2.29. The van der Waals surface area contributed by atoms with Crippen LogP contribution in [-0.4, -0.2) is 67.5 Å². The molecule has 1 aromatic carbocycles. The zero-order valence-corrected chi connectivity index (χ0v) is 24.8. The number of hydrogen-bond acceptors (Lipinski definition) is 9. The number of ether oxygens (including phenoxy) is 2. The van der Waals surface area contributed by atoms with Crippen molar-refractivity contribution in [2.75, 3.05) is 20.7 Å². The number of carbonyl (C=O) groups excluding carboxylic acids is 2. The largest absolute Gasteiger partial charge is 0.496 e. The van der Waals surface area contributed by atoms with E-state index in [4.69, 9.17) is 9.47 Å². The van der Waals surface area contributed by atoms with E-state index in [1.54, 1.807) is 14.0 Å². The van der Waals surface area contributed by atoms with E-state index >= 15 is 0 Å². The fraction of sp³-hybridized carbons (Fsp3) is 0.448. The molecule has 43 heavy (non-hydrogen) atoms. The van der Waals surface area contributed by atoms with Crippen molar-refractivity contribution in [1.82, 2.24) is 29.0 Å². The summed E-state index contributed by atoms with van der Waals surface area (Å²) in [6.07, 6.45) is 3.86. The molecule has 4 heterocycles. The number of benzene rings is 1. The lowest BCUT2D eigenvalue weighted by Crippen LogP contribution is -2.45. The Bertz CT molecular complexity index is 1820. The van der Waals surface area contributed by atoms with Crippen LogP contribution in [0.2, 0.25) is 0 Å². The van der Waals surface area contributed by atoms with Crippen LogP contribution >= 0.6 is 11.3 Å². The number of aryl methyl sites for hydroxylation is 1. The summed E-state index contributed by atoms with van der Waals surface area (Å²) in [7, 11) is 3.10. The number of amides is 1. The number of halogens is 1. The highest BCUT2D eigenvalue weighted by molar-refractivity contribution is 7.21. The second kappa shape index (κ2) is 11.5. The van der Waals surface area contributed by atoms with Gasteiger partial charge < -0.3 is 14.4 Å². The molecule has 1 amide bonds. The predicted octanol–water partition coefficient (Wildman–Crippen LogP) is 2.93. The highest BCUT2D eigenvalue weighted by Gasteiger charge is 2.36. The summed E-state index contributed by atoms with van der Waals surface area (Å²) in [5.74, 6) is -0.306. The van der Waals surface area contributed by atoms with Crippen LogP contribution < -0.4 is 16.0 Å². The highest BCUT2D eigenvalue weighted by atomic mass is 32.1. The molecule has 0 spiro atoms. The standard InChI is InChI=1S/C29H31FN6O6S/c1-16-24-26(39)35(21-10-13-33(2)25(21)38)29(40)34(28(24)43-27(16)36-31-11-12-32-36)15-23(42-19-7-5-18(37)6-8-19)20-14-17(30)4-9-22(20)41-3/h4,9,11-12,14,19,21,23H,5-8,10,13,15H2,1-3H3/t21-,23+/m1/s1. The molecule has 1 aliphatic heterocycles. The quantitative estimate of drug-likeness (QED) is 0.298. The number of likely N-dealkylation sites (N-methyl/N-ethyl adjacent to an activating group) is 1. The first-order valence-corrected chi connectivity index (χ1v) is 14.9. The van der Waals surface area contributed by atoms with Crippen molar-refractivity contribution in [2.45, 2.75) is 63.8 Å². The first kappa shape index (κ1) is 28.9. The van der Waals surface area contributed by atoms with Crippen LogP contribution in [-0.2, 0) is 20.9 Å². The number of likely N-dealkylation sites (tertiary alicyclic amines) is 1. The first-order chi connectivity index (χ1) is 20.7. The number of nitrogens with zero attached hydrogens (tertiary/aromatic N) is 6. The molecule has 1 saturated carbocycles. The number of thiophene rings is 1. The van der Waals surface area contributed by atoms with Gasteiger partial charge in [0, 0.05) is 37.6 Å². The molecular weight excluding hydrogens is 579 g/mol. The van der Waals surface area contributed by atoms with E-state index in [-0.39, 0.29) is 29.7 Å². The number of Topliss-reactive ketones (excluding diaryl/α,β-unsaturated/α-hetero) is 1. The van der Waals surface area contributed by atoms with Crippen molar-refractivity contribution in [3.05, 3.63) is 68.4 Å². The minimum absolute atomic E-state index is 0.109. The van der Waals surface area contributed by atoms with Gasteiger partial charge in [-0.2, -0.15) is 10.2 Å². The summed E-state index contributed by atoms with van der Waals surface area (Å²) in [6, 6.07) is 3.12. The molecule has 226 valence electrons. The number of hydrogen-bond donors (Lipinski definition) is 0. The van der Waals surface area contributed by atoms with Gasteiger partial charge in [0.1, 0.15) is 39.3 Å². The average Bonchev–Trinajstić information content (AvgIpc) is 3.72. The Kier molecular flexibility index (Phi) is 7.73. The smallest absolute Gasteiger partial charge is 0.332 e. The molecule has 2 aliphatic rings. The van der Waals surface area contributed by atoms with Crippen molar-refractivity contribution in [1.29, 1.82) is 0 Å². The predicted molar refractivity (Wildman–Crippen MR) is 155 cm³/mol. The van der Waals surface area contributed by atoms with E-state index in [2.05, 4.69) is 10.2 Å². The fourth-order valence-electron chi connectivity index (χ4n) is 5.96. The monoisotopic (exact) mass is 610 g/mol. The van der Waals surface area contributed by atoms with Gasteiger partial charge in [-0.05, 0) is 44.4 Å². The van der Waals surface area contributed by atoms with E-state index in [0.29, 0.717) is 65.4 Å². The van der Waals surface area contributed by atoms with Crippen molar-refractivity contribution < 1.29 is 23.5 Å². The normalized spacial score (nSPS) is 18.6. The Balaban J connectivity index is 1.56. The van der Waals surface area contributed by atoms with Gasteiger partial charge in [0.05, 0.1) is 37.5 Å². The Morgan fingerprint density at radius 2 is 1.81 bits per heavy atom. The molecule has 0 unspecified atom stereocenters. The third kappa shape index (κ3) is 5.18. The molecule has 0 N–H and O–H groups in total. The van der Waals surface area contributed by atoms with E-state index in [9.17, 15) is 23.6 Å².